The Hall–Kier alpha value is -1.51. The van der Waals surface area contributed by atoms with Crippen LogP contribution in [0.25, 0.3) is 0 Å². The first-order valence-electron chi connectivity index (χ1n) is 6.21. The van der Waals surface area contributed by atoms with Crippen molar-refractivity contribution in [2.45, 2.75) is 30.6 Å². The van der Waals surface area contributed by atoms with Gasteiger partial charge in [0.15, 0.2) is 6.29 Å². The lowest BCUT2D eigenvalue weighted by atomic mass is 9.97. The van der Waals surface area contributed by atoms with Gasteiger partial charge in [0.25, 0.3) is 5.91 Å². The molecule has 1 heterocycles. The predicted octanol–water partition coefficient (Wildman–Crippen LogP) is -1.78. The molecule has 7 heteroatoms. The molecule has 0 radical (unpaired) electrons. The summed E-state index contributed by atoms with van der Waals surface area (Å²) in [6, 6.07) is 7.07. The molecule has 0 aliphatic carbocycles. The van der Waals surface area contributed by atoms with Crippen molar-refractivity contribution >= 4 is 5.91 Å². The van der Waals surface area contributed by atoms with E-state index in [1.807, 2.05) is 0 Å². The average Bonchev–Trinajstić information content (AvgIpc) is 2.48. The summed E-state index contributed by atoms with van der Waals surface area (Å²) in [5.74, 6) is -0.507. The first kappa shape index (κ1) is 14.9. The maximum atomic E-state index is 11.9. The fourth-order valence-electron chi connectivity index (χ4n) is 2.08. The predicted molar refractivity (Wildman–Crippen MR) is 67.7 cm³/mol. The van der Waals surface area contributed by atoms with Crippen molar-refractivity contribution in [2.75, 3.05) is 6.61 Å². The number of hydrogen-bond acceptors (Lipinski definition) is 6. The van der Waals surface area contributed by atoms with Gasteiger partial charge in [0.05, 0.1) is 6.61 Å². The summed E-state index contributed by atoms with van der Waals surface area (Å²) in [6.07, 6.45) is -5.45. The Morgan fingerprint density at radius 3 is 2.40 bits per heavy atom. The molecule has 1 saturated heterocycles. The summed E-state index contributed by atoms with van der Waals surface area (Å²) >= 11 is 0. The van der Waals surface area contributed by atoms with Crippen LogP contribution in [0.4, 0.5) is 0 Å². The second kappa shape index (κ2) is 6.29. The maximum absolute atomic E-state index is 11.9. The second-order valence-corrected chi connectivity index (χ2v) is 4.59. The quantitative estimate of drug-likeness (QED) is 0.447. The number of ether oxygens (including phenoxy) is 1. The number of carbonyl (C=O) groups excluding carboxylic acids is 1. The molecule has 5 atom stereocenters. The summed E-state index contributed by atoms with van der Waals surface area (Å²) in [4.78, 5) is 11.9. The van der Waals surface area contributed by atoms with E-state index in [9.17, 15) is 20.1 Å². The molecule has 20 heavy (non-hydrogen) atoms. The lowest BCUT2D eigenvalue weighted by Gasteiger charge is -2.40. The Labute approximate surface area is 115 Å². The van der Waals surface area contributed by atoms with Crippen molar-refractivity contribution in [3.63, 3.8) is 0 Å². The fourth-order valence-corrected chi connectivity index (χ4v) is 2.08. The summed E-state index contributed by atoms with van der Waals surface area (Å²) in [6.45, 7) is -0.547. The highest BCUT2D eigenvalue weighted by molar-refractivity contribution is 5.94. The van der Waals surface area contributed by atoms with Crippen LogP contribution in [0, 0.1) is 0 Å². The van der Waals surface area contributed by atoms with Crippen molar-refractivity contribution in [1.82, 2.24) is 5.32 Å². The number of hydrogen-bond donors (Lipinski definition) is 5. The first-order chi connectivity index (χ1) is 9.54. The van der Waals surface area contributed by atoms with E-state index in [2.05, 4.69) is 5.32 Å². The van der Waals surface area contributed by atoms with Gasteiger partial charge in [-0.2, -0.15) is 0 Å². The molecule has 1 amide bonds. The van der Waals surface area contributed by atoms with Crippen LogP contribution < -0.4 is 5.32 Å². The molecule has 110 valence electrons. The molecule has 1 fully saturated rings. The summed E-state index contributed by atoms with van der Waals surface area (Å²) in [7, 11) is 0. The van der Waals surface area contributed by atoms with Crippen molar-refractivity contribution in [3.8, 4) is 0 Å². The molecule has 1 aliphatic heterocycles. The minimum absolute atomic E-state index is 0.352. The first-order valence-corrected chi connectivity index (χ1v) is 6.21. The van der Waals surface area contributed by atoms with Crippen LogP contribution >= 0.6 is 0 Å². The third kappa shape index (κ3) is 2.97. The van der Waals surface area contributed by atoms with Crippen LogP contribution in [0.15, 0.2) is 30.3 Å². The van der Waals surface area contributed by atoms with E-state index in [4.69, 9.17) is 9.84 Å². The van der Waals surface area contributed by atoms with Crippen LogP contribution in [0.5, 0.6) is 0 Å². The van der Waals surface area contributed by atoms with Gasteiger partial charge in [-0.05, 0) is 12.1 Å². The maximum Gasteiger partial charge on any atom is 0.251 e. The third-order valence-electron chi connectivity index (χ3n) is 3.23. The topological polar surface area (TPSA) is 119 Å². The molecule has 2 rings (SSSR count). The second-order valence-electron chi connectivity index (χ2n) is 4.59. The summed E-state index contributed by atoms with van der Waals surface area (Å²) in [5.41, 5.74) is 0.352. The number of amides is 1. The highest BCUT2D eigenvalue weighted by atomic mass is 16.6. The lowest BCUT2D eigenvalue weighted by Crippen LogP contribution is -2.64. The molecule has 1 aromatic rings. The van der Waals surface area contributed by atoms with E-state index in [0.717, 1.165) is 0 Å². The zero-order chi connectivity index (χ0) is 14.7. The third-order valence-corrected chi connectivity index (χ3v) is 3.23. The molecule has 0 spiro atoms. The standard InChI is InChI=1S/C13H17NO6/c15-6-8-10(16)11(17)9(13(19)20-8)14-12(18)7-4-2-1-3-5-7/h1-5,8-11,13,15-17,19H,6H2,(H,14,18)/t8-,9-,10-,11-,13-/m1/s1. The number of nitrogens with one attached hydrogen (secondary N) is 1. The van der Waals surface area contributed by atoms with Crippen LogP contribution in [-0.2, 0) is 4.74 Å². The van der Waals surface area contributed by atoms with E-state index in [0.29, 0.717) is 5.56 Å². The van der Waals surface area contributed by atoms with Crippen molar-refractivity contribution in [1.29, 1.82) is 0 Å². The number of aliphatic hydroxyl groups excluding tert-OH is 4. The van der Waals surface area contributed by atoms with Gasteiger partial charge >= 0.3 is 0 Å². The van der Waals surface area contributed by atoms with Gasteiger partial charge in [0, 0.05) is 5.56 Å². The summed E-state index contributed by atoms with van der Waals surface area (Å²) in [5, 5.41) is 40.7. The van der Waals surface area contributed by atoms with Gasteiger partial charge in [0.2, 0.25) is 0 Å². The van der Waals surface area contributed by atoms with Crippen LogP contribution in [0.3, 0.4) is 0 Å². The minimum Gasteiger partial charge on any atom is -0.394 e. The van der Waals surface area contributed by atoms with Gasteiger partial charge in [-0.3, -0.25) is 4.79 Å². The van der Waals surface area contributed by atoms with Gasteiger partial charge < -0.3 is 30.5 Å². The number of benzene rings is 1. The monoisotopic (exact) mass is 283 g/mol. The molecule has 1 aromatic carbocycles. The Bertz CT molecular complexity index is 453. The molecule has 0 aromatic heterocycles. The molecule has 5 N–H and O–H groups in total. The Morgan fingerprint density at radius 1 is 1.15 bits per heavy atom. The Kier molecular flexibility index (Phi) is 4.69. The van der Waals surface area contributed by atoms with Gasteiger partial charge in [-0.25, -0.2) is 0 Å². The lowest BCUT2D eigenvalue weighted by molar-refractivity contribution is -0.252. The zero-order valence-corrected chi connectivity index (χ0v) is 10.6. The van der Waals surface area contributed by atoms with Gasteiger partial charge in [-0.1, -0.05) is 18.2 Å². The number of rotatable bonds is 3. The van der Waals surface area contributed by atoms with E-state index in [-0.39, 0.29) is 0 Å². The van der Waals surface area contributed by atoms with Gasteiger partial charge in [0.1, 0.15) is 24.4 Å². The van der Waals surface area contributed by atoms with E-state index in [1.165, 1.54) is 0 Å². The normalized spacial score (nSPS) is 33.7. The van der Waals surface area contributed by atoms with Crippen molar-refractivity contribution in [2.24, 2.45) is 0 Å². The Morgan fingerprint density at radius 2 is 1.80 bits per heavy atom. The largest absolute Gasteiger partial charge is 0.394 e. The highest BCUT2D eigenvalue weighted by Gasteiger charge is 2.44. The Balaban J connectivity index is 2.07. The van der Waals surface area contributed by atoms with Crippen LogP contribution in [-0.4, -0.2) is 63.6 Å². The SMILES string of the molecule is O=C(N[C@@H]1[C@@H](O)[C@H](O)[C@@H](CO)O[C@H]1O)c1ccccc1. The van der Waals surface area contributed by atoms with E-state index >= 15 is 0 Å². The molecule has 0 bridgehead atoms. The summed E-state index contributed by atoms with van der Waals surface area (Å²) < 4.78 is 4.95. The smallest absolute Gasteiger partial charge is 0.251 e. The molecule has 7 nitrogen and oxygen atoms in total. The molecule has 1 aliphatic rings. The number of carbonyl (C=O) groups is 1. The average molecular weight is 283 g/mol. The molecular weight excluding hydrogens is 266 g/mol. The van der Waals surface area contributed by atoms with E-state index < -0.39 is 43.2 Å². The van der Waals surface area contributed by atoms with Gasteiger partial charge in [-0.15, -0.1) is 0 Å². The highest BCUT2D eigenvalue weighted by Crippen LogP contribution is 2.20. The van der Waals surface area contributed by atoms with Crippen LogP contribution in [0.2, 0.25) is 0 Å². The fraction of sp³-hybridized carbons (Fsp3) is 0.462. The zero-order valence-electron chi connectivity index (χ0n) is 10.6. The number of aliphatic hydroxyl groups is 4. The van der Waals surface area contributed by atoms with Crippen molar-refractivity contribution in [3.05, 3.63) is 35.9 Å². The molecular formula is C13H17NO6. The molecule has 0 unspecified atom stereocenters. The minimum atomic E-state index is -1.52. The van der Waals surface area contributed by atoms with E-state index in [1.54, 1.807) is 30.3 Å². The molecule has 0 saturated carbocycles. The van der Waals surface area contributed by atoms with Crippen molar-refractivity contribution < 1.29 is 30.0 Å². The van der Waals surface area contributed by atoms with Crippen LogP contribution in [0.1, 0.15) is 10.4 Å².